The summed E-state index contributed by atoms with van der Waals surface area (Å²) in [6.45, 7) is 3.35. The molecule has 4 N–H and O–H groups in total. The molecule has 78 valence electrons. The van der Waals surface area contributed by atoms with E-state index in [9.17, 15) is 0 Å². The maximum atomic E-state index is 5.08. The van der Waals surface area contributed by atoms with E-state index in [-0.39, 0.29) is 0 Å². The third kappa shape index (κ3) is 7.92. The third-order valence-corrected chi connectivity index (χ3v) is 1.85. The van der Waals surface area contributed by atoms with Crippen LogP contribution < -0.4 is 16.6 Å². The number of hydrazine groups is 1. The van der Waals surface area contributed by atoms with Gasteiger partial charge in [0.25, 0.3) is 0 Å². The van der Waals surface area contributed by atoms with Gasteiger partial charge in [-0.15, -0.1) is 0 Å². The number of nitrogens with one attached hydrogen (secondary N) is 2. The number of hydrogen-bond acceptors (Lipinski definition) is 4. The molecule has 0 atom stereocenters. The number of methoxy groups -OCH3 is 1. The molecule has 0 rings (SSSR count). The lowest BCUT2D eigenvalue weighted by Crippen LogP contribution is -2.42. The molecule has 0 amide bonds. The normalized spacial score (nSPS) is 10.2. The number of thiocarbonyl (C=S) groups is 1. The second-order valence-corrected chi connectivity index (χ2v) is 3.10. The first-order valence-corrected chi connectivity index (χ1v) is 4.53. The molecule has 0 saturated carbocycles. The second-order valence-electron chi connectivity index (χ2n) is 2.70. The molecule has 0 unspecified atom stereocenters. The maximum absolute atomic E-state index is 5.08. The van der Waals surface area contributed by atoms with Crippen molar-refractivity contribution in [1.82, 2.24) is 15.6 Å². The zero-order valence-corrected chi connectivity index (χ0v) is 8.99. The number of likely N-dealkylation sites (N-methyl/N-ethyl adjacent to an activating group) is 1. The molecule has 0 bridgehead atoms. The van der Waals surface area contributed by atoms with Gasteiger partial charge in [0.1, 0.15) is 0 Å². The third-order valence-electron chi connectivity index (χ3n) is 1.59. The van der Waals surface area contributed by atoms with Crippen LogP contribution in [0, 0.1) is 0 Å². The van der Waals surface area contributed by atoms with Gasteiger partial charge in [-0.1, -0.05) is 0 Å². The summed E-state index contributed by atoms with van der Waals surface area (Å²) in [5.41, 5.74) is 2.36. The first-order valence-electron chi connectivity index (χ1n) is 4.12. The molecule has 0 fully saturated rings. The van der Waals surface area contributed by atoms with Crippen molar-refractivity contribution in [2.45, 2.75) is 0 Å². The van der Waals surface area contributed by atoms with Crippen molar-refractivity contribution in [1.29, 1.82) is 0 Å². The van der Waals surface area contributed by atoms with Crippen LogP contribution in [0.25, 0.3) is 0 Å². The van der Waals surface area contributed by atoms with Crippen molar-refractivity contribution in [3.63, 3.8) is 0 Å². The highest BCUT2D eigenvalue weighted by molar-refractivity contribution is 7.80. The molecule has 0 heterocycles. The quantitative estimate of drug-likeness (QED) is 0.291. The largest absolute Gasteiger partial charge is 0.383 e. The van der Waals surface area contributed by atoms with Crippen molar-refractivity contribution >= 4 is 17.3 Å². The summed E-state index contributed by atoms with van der Waals surface area (Å²) in [6.07, 6.45) is 0. The minimum atomic E-state index is 0.472. The fraction of sp³-hybridized carbons (Fsp3) is 0.857. The summed E-state index contributed by atoms with van der Waals surface area (Å²) < 4.78 is 4.94. The zero-order chi connectivity index (χ0) is 10.1. The number of nitrogens with two attached hydrogens (primary N) is 1. The lowest BCUT2D eigenvalue weighted by molar-refractivity contribution is 0.162. The van der Waals surface area contributed by atoms with Crippen molar-refractivity contribution in [3.05, 3.63) is 0 Å². The van der Waals surface area contributed by atoms with Crippen LogP contribution in [0.4, 0.5) is 0 Å². The van der Waals surface area contributed by atoms with Crippen LogP contribution in [0.3, 0.4) is 0 Å². The van der Waals surface area contributed by atoms with Crippen molar-refractivity contribution in [2.24, 2.45) is 5.84 Å². The summed E-state index contributed by atoms with van der Waals surface area (Å²) in [7, 11) is 3.72. The highest BCUT2D eigenvalue weighted by atomic mass is 32.1. The van der Waals surface area contributed by atoms with Crippen LogP contribution in [0.15, 0.2) is 0 Å². The monoisotopic (exact) mass is 206 g/mol. The van der Waals surface area contributed by atoms with E-state index in [0.29, 0.717) is 5.11 Å². The Hall–Kier alpha value is -0.430. The van der Waals surface area contributed by atoms with Crippen molar-refractivity contribution in [3.8, 4) is 0 Å². The highest BCUT2D eigenvalue weighted by Gasteiger charge is 1.97. The van der Waals surface area contributed by atoms with Gasteiger partial charge in [-0.2, -0.15) is 0 Å². The first-order chi connectivity index (χ1) is 6.20. The topological polar surface area (TPSA) is 62.5 Å². The van der Waals surface area contributed by atoms with Crippen LogP contribution in [-0.4, -0.2) is 50.4 Å². The predicted octanol–water partition coefficient (Wildman–Crippen LogP) is -1.10. The summed E-state index contributed by atoms with van der Waals surface area (Å²) in [6, 6.07) is 0. The van der Waals surface area contributed by atoms with Crippen molar-refractivity contribution < 1.29 is 4.74 Å². The van der Waals surface area contributed by atoms with Crippen LogP contribution >= 0.6 is 12.2 Å². The average molecular weight is 206 g/mol. The Bertz CT molecular complexity index is 144. The molecule has 0 spiro atoms. The standard InChI is InChI=1S/C7H18N4OS/c1-11(5-6-12-2)4-3-9-7(13)10-8/h3-6,8H2,1-2H3,(H2,9,10,13). The molecular formula is C7H18N4OS. The summed E-state index contributed by atoms with van der Waals surface area (Å²) in [5, 5.41) is 3.42. The molecule has 0 aliphatic heterocycles. The molecule has 0 aromatic carbocycles. The minimum absolute atomic E-state index is 0.472. The zero-order valence-electron chi connectivity index (χ0n) is 8.17. The molecule has 13 heavy (non-hydrogen) atoms. The summed E-state index contributed by atoms with van der Waals surface area (Å²) >= 11 is 4.80. The molecule has 5 nitrogen and oxygen atoms in total. The van der Waals surface area contributed by atoms with Gasteiger partial charge in [-0.05, 0) is 19.3 Å². The Balaban J connectivity index is 3.26. The van der Waals surface area contributed by atoms with E-state index in [4.69, 9.17) is 22.8 Å². The van der Waals surface area contributed by atoms with E-state index in [2.05, 4.69) is 15.6 Å². The molecule has 0 aliphatic carbocycles. The molecule has 0 radical (unpaired) electrons. The Kier molecular flexibility index (Phi) is 7.91. The van der Waals surface area contributed by atoms with Gasteiger partial charge in [0, 0.05) is 26.7 Å². The molecule has 0 aromatic rings. The SMILES string of the molecule is COCCN(C)CCNC(=S)NN. The Morgan fingerprint density at radius 3 is 2.77 bits per heavy atom. The molecule has 6 heteroatoms. The van der Waals surface area contributed by atoms with Gasteiger partial charge in [-0.25, -0.2) is 5.84 Å². The van der Waals surface area contributed by atoms with Gasteiger partial charge in [0.05, 0.1) is 6.61 Å². The molecule has 0 aromatic heterocycles. The lowest BCUT2D eigenvalue weighted by atomic mass is 10.5. The van der Waals surface area contributed by atoms with Crippen LogP contribution in [0.1, 0.15) is 0 Å². The summed E-state index contributed by atoms with van der Waals surface area (Å²) in [4.78, 5) is 2.15. The Morgan fingerprint density at radius 2 is 2.23 bits per heavy atom. The van der Waals surface area contributed by atoms with E-state index in [0.717, 1.165) is 26.2 Å². The van der Waals surface area contributed by atoms with Gasteiger partial charge in [0.2, 0.25) is 0 Å². The predicted molar refractivity (Wildman–Crippen MR) is 57.3 cm³/mol. The lowest BCUT2D eigenvalue weighted by Gasteiger charge is -2.16. The van der Waals surface area contributed by atoms with Gasteiger partial charge >= 0.3 is 0 Å². The van der Waals surface area contributed by atoms with Crippen LogP contribution in [0.5, 0.6) is 0 Å². The number of rotatable bonds is 6. The summed E-state index contributed by atoms with van der Waals surface area (Å²) in [5.74, 6) is 5.08. The maximum Gasteiger partial charge on any atom is 0.180 e. The molecular weight excluding hydrogens is 188 g/mol. The van der Waals surface area contributed by atoms with Gasteiger partial charge < -0.3 is 20.4 Å². The van der Waals surface area contributed by atoms with Crippen LogP contribution in [-0.2, 0) is 4.74 Å². The number of hydrogen-bond donors (Lipinski definition) is 3. The molecule has 0 aliphatic rings. The smallest absolute Gasteiger partial charge is 0.180 e. The number of ether oxygens (including phenoxy) is 1. The Labute approximate surface area is 84.6 Å². The van der Waals surface area contributed by atoms with E-state index in [1.54, 1.807) is 7.11 Å². The van der Waals surface area contributed by atoms with Gasteiger partial charge in [-0.3, -0.25) is 0 Å². The molecule has 0 saturated heterocycles. The van der Waals surface area contributed by atoms with Crippen LogP contribution in [0.2, 0.25) is 0 Å². The van der Waals surface area contributed by atoms with E-state index in [1.807, 2.05) is 7.05 Å². The highest BCUT2D eigenvalue weighted by Crippen LogP contribution is 1.80. The van der Waals surface area contributed by atoms with Gasteiger partial charge in [0.15, 0.2) is 5.11 Å². The van der Waals surface area contributed by atoms with E-state index >= 15 is 0 Å². The first kappa shape index (κ1) is 12.6. The minimum Gasteiger partial charge on any atom is -0.383 e. The average Bonchev–Trinajstić information content (AvgIpc) is 2.14. The fourth-order valence-electron chi connectivity index (χ4n) is 0.770. The van der Waals surface area contributed by atoms with E-state index < -0.39 is 0 Å². The number of nitrogens with zero attached hydrogens (tertiary/aromatic N) is 1. The van der Waals surface area contributed by atoms with E-state index in [1.165, 1.54) is 0 Å². The van der Waals surface area contributed by atoms with Crippen molar-refractivity contribution in [2.75, 3.05) is 40.4 Å². The second kappa shape index (κ2) is 8.18. The fourth-order valence-corrected chi connectivity index (χ4v) is 0.872. The Morgan fingerprint density at radius 1 is 1.54 bits per heavy atom.